The molecule has 0 saturated carbocycles. The Morgan fingerprint density at radius 1 is 1.45 bits per heavy atom. The molecule has 4 nitrogen and oxygen atoms in total. The molecule has 0 spiro atoms. The van der Waals surface area contributed by atoms with Gasteiger partial charge in [0.1, 0.15) is 18.1 Å². The van der Waals surface area contributed by atoms with E-state index < -0.39 is 0 Å². The number of rotatable bonds is 2. The van der Waals surface area contributed by atoms with Crippen molar-refractivity contribution >= 4 is 45.8 Å². The number of nitrogens with one attached hydrogen (secondary N) is 1. The predicted molar refractivity (Wildman–Crippen MR) is 84.9 cm³/mol. The summed E-state index contributed by atoms with van der Waals surface area (Å²) >= 11 is 7.25. The van der Waals surface area contributed by atoms with Crippen LogP contribution in [0.2, 0.25) is 0 Å². The highest BCUT2D eigenvalue weighted by Gasteiger charge is 2.12. The van der Waals surface area contributed by atoms with Crippen molar-refractivity contribution in [1.29, 1.82) is 0 Å². The van der Waals surface area contributed by atoms with Crippen LogP contribution in [0.5, 0.6) is 0 Å². The van der Waals surface area contributed by atoms with Crippen LogP contribution >= 0.6 is 34.8 Å². The molecule has 2 aromatic heterocycles. The van der Waals surface area contributed by atoms with Gasteiger partial charge < -0.3 is 14.0 Å². The number of fused-ring (bicyclic) bond motifs is 1. The van der Waals surface area contributed by atoms with E-state index >= 15 is 0 Å². The van der Waals surface area contributed by atoms with Gasteiger partial charge in [-0.05, 0) is 54.7 Å². The van der Waals surface area contributed by atoms with Crippen LogP contribution in [0.1, 0.15) is 17.3 Å². The molecule has 1 aromatic carbocycles. The predicted octanol–water partition coefficient (Wildman–Crippen LogP) is 4.10. The maximum atomic E-state index is 13.7. The van der Waals surface area contributed by atoms with Gasteiger partial charge in [0, 0.05) is 6.07 Å². The number of hydrogen-bond acceptors (Lipinski definition) is 3. The zero-order valence-electron chi connectivity index (χ0n) is 10.8. The summed E-state index contributed by atoms with van der Waals surface area (Å²) < 4.78 is 22.2. The Kier molecular flexibility index (Phi) is 3.41. The largest absolute Gasteiger partial charge is 0.444 e. The second-order valence-corrected chi connectivity index (χ2v) is 6.10. The van der Waals surface area contributed by atoms with Gasteiger partial charge in [0.15, 0.2) is 4.77 Å². The lowest BCUT2D eigenvalue weighted by Crippen LogP contribution is -2.00. The van der Waals surface area contributed by atoms with Gasteiger partial charge in [0.2, 0.25) is 5.89 Å². The summed E-state index contributed by atoms with van der Waals surface area (Å²) in [4.78, 5) is 7.40. The molecule has 0 fully saturated rings. The van der Waals surface area contributed by atoms with Gasteiger partial charge in [-0.15, -0.1) is 0 Å². The molecule has 0 aliphatic heterocycles. The lowest BCUT2D eigenvalue weighted by atomic mass is 10.3. The van der Waals surface area contributed by atoms with Crippen LogP contribution in [0, 0.1) is 28.0 Å². The molecule has 0 radical (unpaired) electrons. The van der Waals surface area contributed by atoms with E-state index in [2.05, 4.69) is 9.97 Å². The summed E-state index contributed by atoms with van der Waals surface area (Å²) in [5, 5.41) is 0. The Morgan fingerprint density at radius 2 is 2.20 bits per heavy atom. The first-order valence-electron chi connectivity index (χ1n) is 5.96. The molecule has 3 aromatic rings. The third kappa shape index (κ3) is 2.28. The Bertz CT molecular complexity index is 845. The van der Waals surface area contributed by atoms with Crippen LogP contribution in [0.3, 0.4) is 0 Å². The number of oxazole rings is 1. The van der Waals surface area contributed by atoms with Gasteiger partial charge in [-0.25, -0.2) is 9.37 Å². The van der Waals surface area contributed by atoms with Gasteiger partial charge in [-0.1, -0.05) is 0 Å². The van der Waals surface area contributed by atoms with E-state index in [1.54, 1.807) is 10.6 Å². The van der Waals surface area contributed by atoms with Crippen LogP contribution in [-0.2, 0) is 6.54 Å². The molecule has 0 aliphatic carbocycles. The van der Waals surface area contributed by atoms with E-state index in [-0.39, 0.29) is 5.82 Å². The summed E-state index contributed by atoms with van der Waals surface area (Å²) in [7, 11) is 0. The zero-order valence-corrected chi connectivity index (χ0v) is 13.8. The molecule has 2 heterocycles. The number of benzene rings is 1. The van der Waals surface area contributed by atoms with Crippen molar-refractivity contribution in [1.82, 2.24) is 14.5 Å². The lowest BCUT2D eigenvalue weighted by molar-refractivity contribution is 0.458. The molecule has 20 heavy (non-hydrogen) atoms. The van der Waals surface area contributed by atoms with E-state index in [4.69, 9.17) is 16.6 Å². The van der Waals surface area contributed by atoms with Crippen molar-refractivity contribution in [3.63, 3.8) is 0 Å². The third-order valence-corrected chi connectivity index (χ3v) is 4.33. The first-order chi connectivity index (χ1) is 9.45. The fraction of sp³-hybridized carbons (Fsp3) is 0.231. The number of H-pyrrole nitrogens is 1. The molecular weight excluding hydrogens is 392 g/mol. The first kappa shape index (κ1) is 13.7. The molecule has 0 unspecified atom stereocenters. The van der Waals surface area contributed by atoms with E-state index in [9.17, 15) is 4.39 Å². The maximum Gasteiger partial charge on any atom is 0.214 e. The van der Waals surface area contributed by atoms with Crippen molar-refractivity contribution in [3.8, 4) is 0 Å². The van der Waals surface area contributed by atoms with Crippen LogP contribution in [-0.4, -0.2) is 14.5 Å². The molecule has 0 amide bonds. The summed E-state index contributed by atoms with van der Waals surface area (Å²) in [5.74, 6) is 1.09. The number of nitrogens with zero attached hydrogens (tertiary/aromatic N) is 2. The number of aryl methyl sites for hydroxylation is 2. The monoisotopic (exact) mass is 403 g/mol. The standard InChI is InChI=1S/C13H11FIN3OS/c1-6-7(2)19-12(16-6)5-18-11-3-8(14)9(15)4-10(11)17-13(18)20/h3-4H,5H2,1-2H3,(H,17,20). The van der Waals surface area contributed by atoms with Gasteiger partial charge >= 0.3 is 0 Å². The van der Waals surface area contributed by atoms with Crippen LogP contribution in [0.25, 0.3) is 11.0 Å². The van der Waals surface area contributed by atoms with Crippen molar-refractivity contribution in [3.05, 3.63) is 43.6 Å². The van der Waals surface area contributed by atoms with E-state index in [1.807, 2.05) is 36.4 Å². The SMILES string of the molecule is Cc1nc(Cn2c(=S)[nH]c3cc(I)c(F)cc32)oc1C. The van der Waals surface area contributed by atoms with E-state index in [1.165, 1.54) is 6.07 Å². The number of halogens is 2. The van der Waals surface area contributed by atoms with Crippen LogP contribution < -0.4 is 0 Å². The maximum absolute atomic E-state index is 13.7. The lowest BCUT2D eigenvalue weighted by Gasteiger charge is -2.02. The number of hydrogen-bond donors (Lipinski definition) is 1. The quantitative estimate of drug-likeness (QED) is 0.518. The Labute approximate surface area is 133 Å². The summed E-state index contributed by atoms with van der Waals surface area (Å²) in [6.45, 7) is 4.13. The van der Waals surface area contributed by atoms with Gasteiger partial charge in [0.25, 0.3) is 0 Å². The number of imidazole rings is 1. The first-order valence-corrected chi connectivity index (χ1v) is 7.45. The smallest absolute Gasteiger partial charge is 0.214 e. The molecule has 104 valence electrons. The third-order valence-electron chi connectivity index (χ3n) is 3.18. The fourth-order valence-corrected chi connectivity index (χ4v) is 2.79. The van der Waals surface area contributed by atoms with Gasteiger partial charge in [0.05, 0.1) is 20.3 Å². The Balaban J connectivity index is 2.13. The van der Waals surface area contributed by atoms with Crippen LogP contribution in [0.4, 0.5) is 4.39 Å². The van der Waals surface area contributed by atoms with Gasteiger partial charge in [-0.3, -0.25) is 0 Å². The zero-order chi connectivity index (χ0) is 14.4. The molecular formula is C13H11FIN3OS. The molecule has 0 aliphatic rings. The number of aromatic nitrogens is 3. The second kappa shape index (κ2) is 4.96. The molecule has 3 rings (SSSR count). The Hall–Kier alpha value is -1.22. The van der Waals surface area contributed by atoms with Crippen LogP contribution in [0.15, 0.2) is 16.5 Å². The minimum absolute atomic E-state index is 0.263. The Morgan fingerprint density at radius 3 is 2.85 bits per heavy atom. The van der Waals surface area contributed by atoms with Crippen molar-refractivity contribution in [2.24, 2.45) is 0 Å². The van der Waals surface area contributed by atoms with E-state index in [0.717, 1.165) is 17.0 Å². The highest BCUT2D eigenvalue weighted by atomic mass is 127. The summed E-state index contributed by atoms with van der Waals surface area (Å²) in [6, 6.07) is 3.22. The molecule has 0 saturated heterocycles. The molecule has 7 heteroatoms. The van der Waals surface area contributed by atoms with E-state index in [0.29, 0.717) is 26.3 Å². The van der Waals surface area contributed by atoms with Gasteiger partial charge in [-0.2, -0.15) is 0 Å². The topological polar surface area (TPSA) is 46.8 Å². The van der Waals surface area contributed by atoms with Crippen molar-refractivity contribution in [2.75, 3.05) is 0 Å². The summed E-state index contributed by atoms with van der Waals surface area (Å²) in [5.41, 5.74) is 2.37. The average Bonchev–Trinajstić information content (AvgIpc) is 2.83. The minimum atomic E-state index is -0.263. The summed E-state index contributed by atoms with van der Waals surface area (Å²) in [6.07, 6.45) is 0. The fourth-order valence-electron chi connectivity index (χ4n) is 2.05. The normalized spacial score (nSPS) is 11.4. The number of aromatic amines is 1. The highest BCUT2D eigenvalue weighted by Crippen LogP contribution is 2.22. The molecule has 0 bridgehead atoms. The molecule has 0 atom stereocenters. The second-order valence-electron chi connectivity index (χ2n) is 4.55. The van der Waals surface area contributed by atoms with Crippen molar-refractivity contribution < 1.29 is 8.81 Å². The van der Waals surface area contributed by atoms with Crippen molar-refractivity contribution in [2.45, 2.75) is 20.4 Å². The minimum Gasteiger partial charge on any atom is -0.444 e. The molecule has 1 N–H and O–H groups in total. The highest BCUT2D eigenvalue weighted by molar-refractivity contribution is 14.1. The average molecular weight is 403 g/mol.